The molecule has 0 saturated heterocycles. The van der Waals surface area contributed by atoms with Crippen LogP contribution in [0, 0.1) is 6.92 Å². The molecular weight excluding hydrogens is 316 g/mol. The van der Waals surface area contributed by atoms with Gasteiger partial charge in [-0.1, -0.05) is 44.0 Å². The van der Waals surface area contributed by atoms with E-state index in [-0.39, 0.29) is 0 Å². The molecule has 0 aliphatic carbocycles. The fourth-order valence-electron chi connectivity index (χ4n) is 2.35. The maximum absolute atomic E-state index is 5.73. The highest BCUT2D eigenvalue weighted by Crippen LogP contribution is 2.19. The molecule has 0 aliphatic heterocycles. The Balaban J connectivity index is 2.29. The second-order valence-electron chi connectivity index (χ2n) is 5.95. The van der Waals surface area contributed by atoms with Gasteiger partial charge in [0.15, 0.2) is 5.82 Å². The Morgan fingerprint density at radius 3 is 2.60 bits per heavy atom. The first-order valence-electron chi connectivity index (χ1n) is 8.81. The molecule has 2 rings (SSSR count). The molecule has 2 aromatic rings. The van der Waals surface area contributed by atoms with E-state index >= 15 is 0 Å². The van der Waals surface area contributed by atoms with Gasteiger partial charge in [-0.15, -0.1) is 0 Å². The highest BCUT2D eigenvalue weighted by Gasteiger charge is 2.14. The lowest BCUT2D eigenvalue weighted by Gasteiger charge is -2.22. The molecule has 0 bridgehead atoms. The summed E-state index contributed by atoms with van der Waals surface area (Å²) >= 11 is 0. The Hall–Kier alpha value is -2.05. The molecule has 0 spiro atoms. The Labute approximate surface area is 150 Å². The minimum Gasteiger partial charge on any atom is -0.364 e. The normalized spacial score (nSPS) is 10.9. The van der Waals surface area contributed by atoms with Crippen LogP contribution in [0.5, 0.6) is 0 Å². The van der Waals surface area contributed by atoms with Gasteiger partial charge in [0.2, 0.25) is 5.95 Å². The smallest absolute Gasteiger partial charge is 0.232 e. The van der Waals surface area contributed by atoms with Crippen molar-refractivity contribution in [2.75, 3.05) is 32.1 Å². The van der Waals surface area contributed by atoms with Crippen molar-refractivity contribution in [1.82, 2.24) is 15.0 Å². The maximum atomic E-state index is 5.73. The number of ether oxygens (including phenoxy) is 2. The zero-order chi connectivity index (χ0) is 18.1. The number of hydrogen-bond donors (Lipinski definition) is 0. The lowest BCUT2D eigenvalue weighted by Crippen LogP contribution is -2.31. The zero-order valence-electron chi connectivity index (χ0n) is 15.7. The van der Waals surface area contributed by atoms with Gasteiger partial charge in [-0.2, -0.15) is 9.97 Å². The monoisotopic (exact) mass is 344 g/mol. The minimum atomic E-state index is 0.368. The topological polar surface area (TPSA) is 60.4 Å². The summed E-state index contributed by atoms with van der Waals surface area (Å²) in [6, 6.07) is 8.17. The second-order valence-corrected chi connectivity index (χ2v) is 5.95. The number of rotatable bonds is 10. The van der Waals surface area contributed by atoms with Crippen molar-refractivity contribution < 1.29 is 9.47 Å². The van der Waals surface area contributed by atoms with Crippen molar-refractivity contribution in [3.05, 3.63) is 35.7 Å². The first-order chi connectivity index (χ1) is 12.2. The van der Waals surface area contributed by atoms with Gasteiger partial charge >= 0.3 is 0 Å². The van der Waals surface area contributed by atoms with E-state index in [1.54, 1.807) is 7.11 Å². The Morgan fingerprint density at radius 1 is 1.08 bits per heavy atom. The van der Waals surface area contributed by atoms with Crippen LogP contribution in [0.4, 0.5) is 5.95 Å². The summed E-state index contributed by atoms with van der Waals surface area (Å²) in [5, 5.41) is 0. The number of aryl methyl sites for hydroxylation is 2. The third-order valence-electron chi connectivity index (χ3n) is 3.72. The number of aromatic nitrogens is 3. The highest BCUT2D eigenvalue weighted by atomic mass is 16.5. The summed E-state index contributed by atoms with van der Waals surface area (Å²) in [5.41, 5.74) is 2.16. The van der Waals surface area contributed by atoms with Crippen LogP contribution in [0.1, 0.15) is 38.1 Å². The van der Waals surface area contributed by atoms with E-state index < -0.39 is 0 Å². The average molecular weight is 344 g/mol. The molecule has 0 amide bonds. The van der Waals surface area contributed by atoms with E-state index in [1.807, 2.05) is 24.0 Å². The fraction of sp³-hybridized carbons (Fsp3) is 0.526. The van der Waals surface area contributed by atoms with Crippen molar-refractivity contribution >= 4 is 5.95 Å². The Bertz CT molecular complexity index is 664. The number of hydrogen-bond acceptors (Lipinski definition) is 6. The first kappa shape index (κ1) is 19.3. The van der Waals surface area contributed by atoms with E-state index in [2.05, 4.69) is 40.9 Å². The minimum absolute atomic E-state index is 0.368. The lowest BCUT2D eigenvalue weighted by molar-refractivity contribution is 0.101. The number of nitrogens with zero attached hydrogens (tertiary/aromatic N) is 4. The number of anilines is 1. The van der Waals surface area contributed by atoms with Gasteiger partial charge < -0.3 is 9.47 Å². The van der Waals surface area contributed by atoms with Gasteiger partial charge in [0.1, 0.15) is 19.3 Å². The van der Waals surface area contributed by atoms with E-state index in [0.29, 0.717) is 31.8 Å². The fourth-order valence-corrected chi connectivity index (χ4v) is 2.35. The molecule has 6 nitrogen and oxygen atoms in total. The third-order valence-corrected chi connectivity index (χ3v) is 3.72. The molecule has 6 heteroatoms. The van der Waals surface area contributed by atoms with Crippen LogP contribution >= 0.6 is 0 Å². The largest absolute Gasteiger partial charge is 0.364 e. The molecule has 0 saturated carbocycles. The van der Waals surface area contributed by atoms with Crippen molar-refractivity contribution in [3.63, 3.8) is 0 Å². The average Bonchev–Trinajstić information content (AvgIpc) is 2.64. The van der Waals surface area contributed by atoms with Gasteiger partial charge in [0, 0.05) is 25.7 Å². The van der Waals surface area contributed by atoms with E-state index in [1.165, 1.54) is 5.56 Å². The zero-order valence-corrected chi connectivity index (χ0v) is 15.7. The van der Waals surface area contributed by atoms with Crippen molar-refractivity contribution in [1.29, 1.82) is 0 Å². The summed E-state index contributed by atoms with van der Waals surface area (Å²) in [7, 11) is 1.66. The quantitative estimate of drug-likeness (QED) is 0.485. The molecule has 1 aromatic heterocycles. The molecule has 0 unspecified atom stereocenters. The predicted molar refractivity (Wildman–Crippen MR) is 99.5 cm³/mol. The Morgan fingerprint density at radius 2 is 1.92 bits per heavy atom. The number of benzene rings is 1. The molecule has 0 radical (unpaired) electrons. The molecule has 1 aromatic carbocycles. The van der Waals surface area contributed by atoms with Crippen LogP contribution in [0.3, 0.4) is 0 Å². The van der Waals surface area contributed by atoms with E-state index in [0.717, 1.165) is 30.7 Å². The van der Waals surface area contributed by atoms with E-state index in [4.69, 9.17) is 9.47 Å². The predicted octanol–water partition coefficient (Wildman–Crippen LogP) is 3.59. The van der Waals surface area contributed by atoms with Gasteiger partial charge in [0.05, 0.1) is 0 Å². The van der Waals surface area contributed by atoms with Crippen LogP contribution in [0.25, 0.3) is 11.4 Å². The SMILES string of the molecule is CCCCOCN(COC)c1nc(CC)nc(-c2cccc(C)c2)n1. The molecule has 0 fully saturated rings. The van der Waals surface area contributed by atoms with E-state index in [9.17, 15) is 0 Å². The first-order valence-corrected chi connectivity index (χ1v) is 8.81. The van der Waals surface area contributed by atoms with Crippen molar-refractivity contribution in [3.8, 4) is 11.4 Å². The summed E-state index contributed by atoms with van der Waals surface area (Å²) in [5.74, 6) is 2.03. The second kappa shape index (κ2) is 10.1. The highest BCUT2D eigenvalue weighted by molar-refractivity contribution is 5.57. The standard InChI is InChI=1S/C19H28N4O2/c1-5-7-11-25-14-23(13-24-4)19-21-17(6-2)20-18(22-19)16-10-8-9-15(3)12-16/h8-10,12H,5-7,11,13-14H2,1-4H3. The molecule has 25 heavy (non-hydrogen) atoms. The molecule has 0 N–H and O–H groups in total. The van der Waals surface area contributed by atoms with Crippen LogP contribution in [-0.4, -0.2) is 42.1 Å². The molecule has 0 atom stereocenters. The summed E-state index contributed by atoms with van der Waals surface area (Å²) in [4.78, 5) is 15.7. The van der Waals surface area contributed by atoms with Crippen LogP contribution in [0.2, 0.25) is 0 Å². The van der Waals surface area contributed by atoms with Crippen LogP contribution < -0.4 is 4.90 Å². The summed E-state index contributed by atoms with van der Waals surface area (Å²) < 4.78 is 11.0. The Kier molecular flexibility index (Phi) is 7.76. The van der Waals surface area contributed by atoms with Crippen molar-refractivity contribution in [2.45, 2.75) is 40.0 Å². The molecule has 136 valence electrons. The molecule has 1 heterocycles. The van der Waals surface area contributed by atoms with Gasteiger partial charge in [-0.25, -0.2) is 4.98 Å². The van der Waals surface area contributed by atoms with Gasteiger partial charge in [-0.3, -0.25) is 4.90 Å². The van der Waals surface area contributed by atoms with Gasteiger partial charge in [0.25, 0.3) is 0 Å². The number of unbranched alkanes of at least 4 members (excludes halogenated alkanes) is 1. The maximum Gasteiger partial charge on any atom is 0.232 e. The van der Waals surface area contributed by atoms with Gasteiger partial charge in [-0.05, 0) is 19.4 Å². The van der Waals surface area contributed by atoms with Crippen LogP contribution in [-0.2, 0) is 15.9 Å². The lowest BCUT2D eigenvalue weighted by atomic mass is 10.1. The molecular formula is C19H28N4O2. The number of methoxy groups -OCH3 is 1. The summed E-state index contributed by atoms with van der Waals surface area (Å²) in [6.45, 7) is 7.72. The van der Waals surface area contributed by atoms with Crippen molar-refractivity contribution in [2.24, 2.45) is 0 Å². The molecule has 0 aliphatic rings. The van der Waals surface area contributed by atoms with Crippen LogP contribution in [0.15, 0.2) is 24.3 Å². The summed E-state index contributed by atoms with van der Waals surface area (Å²) in [6.07, 6.45) is 2.88. The third kappa shape index (κ3) is 5.76.